The molecule has 1 heterocycles. The molecule has 2 N–H and O–H groups in total. The predicted octanol–water partition coefficient (Wildman–Crippen LogP) is 3.56. The number of aliphatic hydroxyl groups excluding tert-OH is 1. The summed E-state index contributed by atoms with van der Waals surface area (Å²) in [5.74, 6) is 0. The zero-order chi connectivity index (χ0) is 15.2. The molecule has 0 bridgehead atoms. The number of nitrogens with zero attached hydrogens (tertiary/aromatic N) is 1. The molecule has 1 atom stereocenters. The average molecular weight is 299 g/mol. The van der Waals surface area contributed by atoms with Crippen molar-refractivity contribution in [3.63, 3.8) is 0 Å². The van der Waals surface area contributed by atoms with Gasteiger partial charge in [0.15, 0.2) is 0 Å². The first-order valence-electron chi connectivity index (χ1n) is 9.44. The van der Waals surface area contributed by atoms with Gasteiger partial charge >= 0.3 is 0 Å². The molecular formula is C18H38N2O. The van der Waals surface area contributed by atoms with Gasteiger partial charge < -0.3 is 10.4 Å². The number of hydrogen-bond donors (Lipinski definition) is 2. The van der Waals surface area contributed by atoms with E-state index >= 15 is 0 Å². The third-order valence-corrected chi connectivity index (χ3v) is 4.75. The van der Waals surface area contributed by atoms with E-state index in [0.29, 0.717) is 12.6 Å². The number of unbranched alkanes of at least 4 members (excludes halogenated alkanes) is 9. The first-order chi connectivity index (χ1) is 10.4. The van der Waals surface area contributed by atoms with Crippen LogP contribution >= 0.6 is 0 Å². The van der Waals surface area contributed by atoms with E-state index in [1.807, 2.05) is 0 Å². The monoisotopic (exact) mass is 298 g/mol. The van der Waals surface area contributed by atoms with Gasteiger partial charge in [-0.3, -0.25) is 4.90 Å². The van der Waals surface area contributed by atoms with Crippen LogP contribution in [0.1, 0.15) is 77.6 Å². The number of hydrogen-bond acceptors (Lipinski definition) is 3. The van der Waals surface area contributed by atoms with Crippen LogP contribution < -0.4 is 5.32 Å². The van der Waals surface area contributed by atoms with E-state index in [0.717, 1.165) is 26.2 Å². The molecule has 0 amide bonds. The summed E-state index contributed by atoms with van der Waals surface area (Å²) in [7, 11) is 0. The van der Waals surface area contributed by atoms with Gasteiger partial charge in [0.1, 0.15) is 0 Å². The average Bonchev–Trinajstić information content (AvgIpc) is 2.51. The highest BCUT2D eigenvalue weighted by Crippen LogP contribution is 2.14. The van der Waals surface area contributed by atoms with Crippen molar-refractivity contribution >= 4 is 0 Å². The molecule has 1 saturated heterocycles. The number of piperazine rings is 1. The first kappa shape index (κ1) is 18.9. The summed E-state index contributed by atoms with van der Waals surface area (Å²) in [6, 6.07) is 0.653. The standard InChI is InChI=1S/C18H38N2O/c1-2-3-4-5-6-7-8-9-10-11-12-18-17-19-13-14-20(18)15-16-21/h18-19,21H,2-17H2,1H3. The Kier molecular flexibility index (Phi) is 12.2. The molecule has 1 aliphatic rings. The second-order valence-electron chi connectivity index (χ2n) is 6.59. The molecule has 0 saturated carbocycles. The summed E-state index contributed by atoms with van der Waals surface area (Å²) in [6.07, 6.45) is 15.4. The van der Waals surface area contributed by atoms with Gasteiger partial charge in [0.05, 0.1) is 6.61 Å². The summed E-state index contributed by atoms with van der Waals surface area (Å²) >= 11 is 0. The predicted molar refractivity (Wildman–Crippen MR) is 91.8 cm³/mol. The van der Waals surface area contributed by atoms with E-state index < -0.39 is 0 Å². The SMILES string of the molecule is CCCCCCCCCCCCC1CNCCN1CCO. The van der Waals surface area contributed by atoms with E-state index in [1.165, 1.54) is 70.6 Å². The van der Waals surface area contributed by atoms with Gasteiger partial charge in [-0.05, 0) is 6.42 Å². The number of rotatable bonds is 13. The van der Waals surface area contributed by atoms with Crippen molar-refractivity contribution in [2.75, 3.05) is 32.8 Å². The van der Waals surface area contributed by atoms with Crippen molar-refractivity contribution in [2.45, 2.75) is 83.6 Å². The normalized spacial score (nSPS) is 20.0. The zero-order valence-corrected chi connectivity index (χ0v) is 14.3. The van der Waals surface area contributed by atoms with Gasteiger partial charge in [-0.15, -0.1) is 0 Å². The third-order valence-electron chi connectivity index (χ3n) is 4.75. The highest BCUT2D eigenvalue weighted by molar-refractivity contribution is 4.79. The van der Waals surface area contributed by atoms with Crippen LogP contribution in [0.25, 0.3) is 0 Å². The van der Waals surface area contributed by atoms with Crippen LogP contribution in [0, 0.1) is 0 Å². The molecule has 126 valence electrons. The lowest BCUT2D eigenvalue weighted by Gasteiger charge is -2.35. The van der Waals surface area contributed by atoms with Gasteiger partial charge in [-0.2, -0.15) is 0 Å². The van der Waals surface area contributed by atoms with Crippen molar-refractivity contribution in [1.82, 2.24) is 10.2 Å². The third kappa shape index (κ3) is 9.49. The van der Waals surface area contributed by atoms with Gasteiger partial charge in [-0.25, -0.2) is 0 Å². The summed E-state index contributed by atoms with van der Waals surface area (Å²) in [5, 5.41) is 12.6. The lowest BCUT2D eigenvalue weighted by Crippen LogP contribution is -2.51. The Morgan fingerprint density at radius 2 is 1.57 bits per heavy atom. The minimum absolute atomic E-state index is 0.300. The molecule has 0 aromatic carbocycles. The fourth-order valence-corrected chi connectivity index (χ4v) is 3.38. The second kappa shape index (κ2) is 13.5. The van der Waals surface area contributed by atoms with Gasteiger partial charge in [0.2, 0.25) is 0 Å². The van der Waals surface area contributed by atoms with Gasteiger partial charge in [0.25, 0.3) is 0 Å². The Morgan fingerprint density at radius 1 is 0.952 bits per heavy atom. The van der Waals surface area contributed by atoms with Crippen LogP contribution in [0.15, 0.2) is 0 Å². The molecule has 21 heavy (non-hydrogen) atoms. The topological polar surface area (TPSA) is 35.5 Å². The lowest BCUT2D eigenvalue weighted by molar-refractivity contribution is 0.119. The van der Waals surface area contributed by atoms with Crippen LogP contribution in [-0.4, -0.2) is 48.8 Å². The molecule has 3 heteroatoms. The molecule has 0 aliphatic carbocycles. The van der Waals surface area contributed by atoms with Crippen LogP contribution in [0.4, 0.5) is 0 Å². The minimum atomic E-state index is 0.300. The Balaban J connectivity index is 1.91. The van der Waals surface area contributed by atoms with Crippen LogP contribution in [0.5, 0.6) is 0 Å². The smallest absolute Gasteiger partial charge is 0.0558 e. The molecule has 1 rings (SSSR count). The molecular weight excluding hydrogens is 260 g/mol. The van der Waals surface area contributed by atoms with E-state index in [2.05, 4.69) is 17.1 Å². The number of nitrogens with one attached hydrogen (secondary N) is 1. The van der Waals surface area contributed by atoms with E-state index in [-0.39, 0.29) is 0 Å². The lowest BCUT2D eigenvalue weighted by atomic mass is 10.0. The second-order valence-corrected chi connectivity index (χ2v) is 6.59. The van der Waals surface area contributed by atoms with Crippen molar-refractivity contribution in [2.24, 2.45) is 0 Å². The quantitative estimate of drug-likeness (QED) is 0.510. The molecule has 0 aromatic rings. The summed E-state index contributed by atoms with van der Waals surface area (Å²) in [5.41, 5.74) is 0. The van der Waals surface area contributed by atoms with Crippen molar-refractivity contribution in [3.05, 3.63) is 0 Å². The largest absolute Gasteiger partial charge is 0.395 e. The van der Waals surface area contributed by atoms with Gasteiger partial charge in [-0.1, -0.05) is 71.1 Å². The molecule has 1 aliphatic heterocycles. The molecule has 1 unspecified atom stereocenters. The molecule has 1 fully saturated rings. The Bertz CT molecular complexity index is 221. The molecule has 0 aromatic heterocycles. The molecule has 0 radical (unpaired) electrons. The Morgan fingerprint density at radius 3 is 2.19 bits per heavy atom. The van der Waals surface area contributed by atoms with Crippen LogP contribution in [0.3, 0.4) is 0 Å². The van der Waals surface area contributed by atoms with Crippen molar-refractivity contribution in [1.29, 1.82) is 0 Å². The zero-order valence-electron chi connectivity index (χ0n) is 14.3. The van der Waals surface area contributed by atoms with Crippen LogP contribution in [0.2, 0.25) is 0 Å². The maximum atomic E-state index is 9.12. The maximum Gasteiger partial charge on any atom is 0.0558 e. The molecule has 3 nitrogen and oxygen atoms in total. The minimum Gasteiger partial charge on any atom is -0.395 e. The summed E-state index contributed by atoms with van der Waals surface area (Å²) < 4.78 is 0. The van der Waals surface area contributed by atoms with Crippen LogP contribution in [-0.2, 0) is 0 Å². The highest BCUT2D eigenvalue weighted by atomic mass is 16.3. The van der Waals surface area contributed by atoms with E-state index in [9.17, 15) is 0 Å². The van der Waals surface area contributed by atoms with Crippen molar-refractivity contribution < 1.29 is 5.11 Å². The Hall–Kier alpha value is -0.120. The maximum absolute atomic E-state index is 9.12. The summed E-state index contributed by atoms with van der Waals surface area (Å²) in [6.45, 7) is 6.72. The fourth-order valence-electron chi connectivity index (χ4n) is 3.38. The van der Waals surface area contributed by atoms with E-state index in [1.54, 1.807) is 0 Å². The van der Waals surface area contributed by atoms with E-state index in [4.69, 9.17) is 5.11 Å². The first-order valence-corrected chi connectivity index (χ1v) is 9.44. The Labute approximate surface area is 132 Å². The van der Waals surface area contributed by atoms with Crippen molar-refractivity contribution in [3.8, 4) is 0 Å². The van der Waals surface area contributed by atoms with Gasteiger partial charge in [0, 0.05) is 32.2 Å². The number of aliphatic hydroxyl groups is 1. The summed E-state index contributed by atoms with van der Waals surface area (Å²) in [4.78, 5) is 2.46. The fraction of sp³-hybridized carbons (Fsp3) is 1.00. The number of β-amino-alcohol motifs (C(OH)–C–C–N with tert-alkyl or cyclic N) is 1. The highest BCUT2D eigenvalue weighted by Gasteiger charge is 2.20. The molecule has 0 spiro atoms.